The lowest BCUT2D eigenvalue weighted by atomic mass is 10.4. The molecule has 0 N–H and O–H groups in total. The molecule has 1 atom stereocenters. The fraction of sp³-hybridized carbons (Fsp3) is 1.00. The number of alkyl halides is 6. The maximum Gasteiger partial charge on any atom is 0.136 e. The third-order valence-electron chi connectivity index (χ3n) is 0.700. The molecule has 0 spiro atoms. The van der Waals surface area contributed by atoms with Gasteiger partial charge >= 0.3 is 0 Å². The predicted molar refractivity (Wildman–Crippen MR) is 59.3 cm³/mol. The average molecular weight is 398 g/mol. The summed E-state index contributed by atoms with van der Waals surface area (Å²) in [4.78, 5) is -0.548. The van der Waals surface area contributed by atoms with Crippen molar-refractivity contribution in [3.63, 3.8) is 0 Å². The summed E-state index contributed by atoms with van der Waals surface area (Å²) in [6.07, 6.45) is 0.590. The van der Waals surface area contributed by atoms with Crippen LogP contribution in [0.3, 0.4) is 0 Å². The van der Waals surface area contributed by atoms with Crippen molar-refractivity contribution in [1.82, 2.24) is 0 Å². The molecule has 0 aromatic rings. The number of hydrogen-bond acceptors (Lipinski definition) is 0. The van der Waals surface area contributed by atoms with E-state index in [2.05, 4.69) is 47.8 Å². The van der Waals surface area contributed by atoms with Gasteiger partial charge in [0.05, 0.1) is 5.38 Å². The van der Waals surface area contributed by atoms with Crippen LogP contribution in [0.15, 0.2) is 0 Å². The zero-order valence-corrected chi connectivity index (χ0v) is 11.7. The van der Waals surface area contributed by atoms with Crippen molar-refractivity contribution in [3.8, 4) is 0 Å². The number of hydrogen-bond donors (Lipinski definition) is 0. The number of rotatable bonds is 2. The monoisotopic (exact) mass is 394 g/mol. The van der Waals surface area contributed by atoms with Gasteiger partial charge in [0.25, 0.3) is 0 Å². The van der Waals surface area contributed by atoms with Crippen molar-refractivity contribution in [3.05, 3.63) is 0 Å². The second kappa shape index (κ2) is 5.13. The SMILES string of the molecule is ClC(Cl)C(Cl)CC(Br)(Br)Br. The van der Waals surface area contributed by atoms with Gasteiger partial charge in [-0.25, -0.2) is 0 Å². The van der Waals surface area contributed by atoms with Crippen molar-refractivity contribution < 1.29 is 0 Å². The highest BCUT2D eigenvalue weighted by Gasteiger charge is 2.26. The molecule has 0 rings (SSSR count). The van der Waals surface area contributed by atoms with Crippen molar-refractivity contribution in [2.45, 2.75) is 18.8 Å². The Hall–Kier alpha value is 2.31. The molecular weight excluding hydrogens is 394 g/mol. The summed E-state index contributed by atoms with van der Waals surface area (Å²) in [7, 11) is 0. The highest BCUT2D eigenvalue weighted by atomic mass is 80.0. The van der Waals surface area contributed by atoms with Gasteiger partial charge in [0, 0.05) is 6.42 Å². The molecule has 0 heterocycles. The Morgan fingerprint density at radius 1 is 1.10 bits per heavy atom. The largest absolute Gasteiger partial charge is 0.136 e. The molecule has 0 aliphatic rings. The lowest BCUT2D eigenvalue weighted by Gasteiger charge is -2.16. The van der Waals surface area contributed by atoms with Gasteiger partial charge in [-0.05, 0) is 0 Å². The van der Waals surface area contributed by atoms with E-state index < -0.39 is 4.84 Å². The first-order valence-corrected chi connectivity index (χ1v) is 6.01. The van der Waals surface area contributed by atoms with Crippen LogP contribution >= 0.6 is 82.6 Å². The van der Waals surface area contributed by atoms with Crippen molar-refractivity contribution in [1.29, 1.82) is 0 Å². The van der Waals surface area contributed by atoms with Crippen LogP contribution in [-0.2, 0) is 0 Å². The molecule has 0 aliphatic carbocycles. The molecule has 0 saturated heterocycles. The van der Waals surface area contributed by atoms with Crippen molar-refractivity contribution in [2.75, 3.05) is 0 Å². The van der Waals surface area contributed by atoms with E-state index in [-0.39, 0.29) is 7.52 Å². The molecule has 0 saturated carbocycles. The van der Waals surface area contributed by atoms with Gasteiger partial charge in [-0.2, -0.15) is 0 Å². The Bertz CT molecular complexity index is 100. The van der Waals surface area contributed by atoms with Gasteiger partial charge in [-0.3, -0.25) is 0 Å². The Labute approximate surface area is 100 Å². The van der Waals surface area contributed by atoms with E-state index in [4.69, 9.17) is 34.8 Å². The van der Waals surface area contributed by atoms with Gasteiger partial charge < -0.3 is 0 Å². The standard InChI is InChI=1S/C4H4Br3Cl3/c5-4(6,7)1-2(8)3(9)10/h2-3H,1H2. The molecule has 0 nitrogen and oxygen atoms in total. The van der Waals surface area contributed by atoms with Crippen LogP contribution in [-0.4, -0.2) is 12.4 Å². The number of halogens is 6. The molecule has 0 aliphatic heterocycles. The van der Waals surface area contributed by atoms with E-state index in [9.17, 15) is 0 Å². The molecule has 1 unspecified atom stereocenters. The Kier molecular flexibility index (Phi) is 6.31. The first-order chi connectivity index (χ1) is 4.33. The van der Waals surface area contributed by atoms with Crippen LogP contribution in [0.5, 0.6) is 0 Å². The molecule has 0 bridgehead atoms. The Morgan fingerprint density at radius 3 is 1.60 bits per heavy atom. The van der Waals surface area contributed by atoms with Crippen LogP contribution in [0, 0.1) is 0 Å². The van der Waals surface area contributed by atoms with E-state index in [1.807, 2.05) is 0 Å². The average Bonchev–Trinajstić information content (AvgIpc) is 1.60. The summed E-state index contributed by atoms with van der Waals surface area (Å²) in [5.74, 6) is 0. The Balaban J connectivity index is 3.68. The Morgan fingerprint density at radius 2 is 1.50 bits per heavy atom. The third-order valence-corrected chi connectivity index (χ3v) is 2.94. The van der Waals surface area contributed by atoms with E-state index in [1.165, 1.54) is 0 Å². The van der Waals surface area contributed by atoms with Crippen molar-refractivity contribution in [2.24, 2.45) is 0 Å². The minimum absolute atomic E-state index is 0.276. The fourth-order valence-corrected chi connectivity index (χ4v) is 2.33. The zero-order valence-electron chi connectivity index (χ0n) is 4.63. The normalized spacial score (nSPS) is 15.9. The summed E-state index contributed by atoms with van der Waals surface area (Å²) < 4.78 is -0.360. The second-order valence-electron chi connectivity index (χ2n) is 1.67. The van der Waals surface area contributed by atoms with Crippen LogP contribution in [0.2, 0.25) is 0 Å². The molecular formula is C4H4Br3Cl3. The van der Waals surface area contributed by atoms with Gasteiger partial charge in [0.1, 0.15) is 6.98 Å². The van der Waals surface area contributed by atoms with Gasteiger partial charge in [0.2, 0.25) is 0 Å². The first-order valence-electron chi connectivity index (χ1n) is 2.32. The molecule has 62 valence electrons. The molecule has 0 aromatic heterocycles. The van der Waals surface area contributed by atoms with Crippen LogP contribution in [0.25, 0.3) is 0 Å². The predicted octanol–water partition coefficient (Wildman–Crippen LogP) is 4.63. The lowest BCUT2D eigenvalue weighted by Crippen LogP contribution is -2.16. The summed E-state index contributed by atoms with van der Waals surface area (Å²) in [6, 6.07) is 0. The van der Waals surface area contributed by atoms with E-state index in [0.717, 1.165) is 0 Å². The first kappa shape index (κ1) is 12.3. The van der Waals surface area contributed by atoms with Gasteiger partial charge in [-0.15, -0.1) is 34.8 Å². The van der Waals surface area contributed by atoms with Crippen LogP contribution in [0.4, 0.5) is 0 Å². The maximum atomic E-state index is 5.75. The van der Waals surface area contributed by atoms with Crippen LogP contribution in [0.1, 0.15) is 6.42 Å². The van der Waals surface area contributed by atoms with Gasteiger partial charge in [0.15, 0.2) is 0 Å². The van der Waals surface area contributed by atoms with Crippen LogP contribution < -0.4 is 0 Å². The highest BCUT2D eigenvalue weighted by molar-refractivity contribution is 9.39. The molecule has 10 heavy (non-hydrogen) atoms. The smallest absolute Gasteiger partial charge is 0.120 e. The minimum atomic E-state index is -0.548. The minimum Gasteiger partial charge on any atom is -0.120 e. The highest BCUT2D eigenvalue weighted by Crippen LogP contribution is 2.40. The van der Waals surface area contributed by atoms with E-state index in [1.54, 1.807) is 0 Å². The fourth-order valence-electron chi connectivity index (χ4n) is 0.310. The van der Waals surface area contributed by atoms with Gasteiger partial charge in [-0.1, -0.05) is 47.8 Å². The van der Waals surface area contributed by atoms with E-state index in [0.29, 0.717) is 6.42 Å². The maximum absolute atomic E-state index is 5.75. The molecule has 0 aromatic carbocycles. The van der Waals surface area contributed by atoms with Crippen molar-refractivity contribution >= 4 is 82.6 Å². The molecule has 0 radical (unpaired) electrons. The molecule has 0 fully saturated rings. The molecule has 6 heteroatoms. The lowest BCUT2D eigenvalue weighted by molar-refractivity contribution is 0.850. The summed E-state index contributed by atoms with van der Waals surface area (Å²) in [5, 5.41) is -0.276. The quantitative estimate of drug-likeness (QED) is 0.596. The topological polar surface area (TPSA) is 0 Å². The van der Waals surface area contributed by atoms with E-state index >= 15 is 0 Å². The molecule has 0 amide bonds. The summed E-state index contributed by atoms with van der Waals surface area (Å²) in [6.45, 7) is 0. The summed E-state index contributed by atoms with van der Waals surface area (Å²) >= 11 is 26.6. The summed E-state index contributed by atoms with van der Waals surface area (Å²) in [5.41, 5.74) is 0. The zero-order chi connectivity index (χ0) is 8.36. The second-order valence-corrected chi connectivity index (χ2v) is 10.6. The third kappa shape index (κ3) is 6.99.